The second-order valence-electron chi connectivity index (χ2n) is 9.60. The fourth-order valence-corrected chi connectivity index (χ4v) is 5.29. The van der Waals surface area contributed by atoms with Crippen LogP contribution in [0.3, 0.4) is 0 Å². The maximum Gasteiger partial charge on any atom is 0.227 e. The summed E-state index contributed by atoms with van der Waals surface area (Å²) in [7, 11) is 0. The predicted octanol–water partition coefficient (Wildman–Crippen LogP) is 5.75. The maximum atomic E-state index is 14.3. The lowest BCUT2D eigenvalue weighted by molar-refractivity contribution is -0.119. The van der Waals surface area contributed by atoms with Crippen LogP contribution in [0.25, 0.3) is 0 Å². The summed E-state index contributed by atoms with van der Waals surface area (Å²) >= 11 is 0. The van der Waals surface area contributed by atoms with E-state index in [1.54, 1.807) is 23.1 Å². The normalized spacial score (nSPS) is 19.6. The van der Waals surface area contributed by atoms with E-state index < -0.39 is 0 Å². The molecule has 0 aliphatic carbocycles. The quantitative estimate of drug-likeness (QED) is 0.461. The first-order valence-corrected chi connectivity index (χ1v) is 12.7. The first-order valence-electron chi connectivity index (χ1n) is 12.7. The van der Waals surface area contributed by atoms with Crippen LogP contribution in [0.5, 0.6) is 0 Å². The summed E-state index contributed by atoms with van der Waals surface area (Å²) in [4.78, 5) is 17.6. The molecule has 0 saturated carbocycles. The Morgan fingerprint density at radius 1 is 0.971 bits per heavy atom. The lowest BCUT2D eigenvalue weighted by Gasteiger charge is -2.33. The highest BCUT2D eigenvalue weighted by Crippen LogP contribution is 2.39. The molecule has 1 amide bonds. The van der Waals surface area contributed by atoms with Crippen molar-refractivity contribution in [3.05, 3.63) is 65.2 Å². The van der Waals surface area contributed by atoms with E-state index in [2.05, 4.69) is 11.8 Å². The minimum atomic E-state index is -0.338. The zero-order valence-electron chi connectivity index (χ0n) is 20.1. The highest BCUT2D eigenvalue weighted by molar-refractivity contribution is 5.94. The lowest BCUT2D eigenvalue weighted by atomic mass is 9.87. The van der Waals surface area contributed by atoms with Gasteiger partial charge in [0.2, 0.25) is 5.91 Å². The predicted molar refractivity (Wildman–Crippen MR) is 131 cm³/mol. The third-order valence-corrected chi connectivity index (χ3v) is 7.18. The summed E-state index contributed by atoms with van der Waals surface area (Å²) in [6, 6.07) is 11.3. The number of piperidine rings is 1. The SMILES string of the molecule is CCCOCCN1CCC(CC(=O)N2CCC[C@@H](c3ccc(F)cc3)c3ccc(F)cc32)CC1. The summed E-state index contributed by atoms with van der Waals surface area (Å²) < 4.78 is 33.4. The molecule has 2 aliphatic heterocycles. The van der Waals surface area contributed by atoms with Crippen LogP contribution in [-0.4, -0.2) is 50.2 Å². The minimum Gasteiger partial charge on any atom is -0.380 e. The van der Waals surface area contributed by atoms with Crippen molar-refractivity contribution in [1.82, 2.24) is 4.90 Å². The Morgan fingerprint density at radius 3 is 2.44 bits per heavy atom. The van der Waals surface area contributed by atoms with Gasteiger partial charge in [-0.25, -0.2) is 8.78 Å². The molecule has 4 rings (SSSR count). The van der Waals surface area contributed by atoms with Gasteiger partial charge in [0.1, 0.15) is 11.6 Å². The molecule has 0 spiro atoms. The van der Waals surface area contributed by atoms with E-state index >= 15 is 0 Å². The largest absolute Gasteiger partial charge is 0.380 e. The second-order valence-corrected chi connectivity index (χ2v) is 9.60. The average Bonchev–Trinajstić information content (AvgIpc) is 3.03. The van der Waals surface area contributed by atoms with Crippen LogP contribution in [-0.2, 0) is 9.53 Å². The highest BCUT2D eigenvalue weighted by atomic mass is 19.1. The zero-order valence-corrected chi connectivity index (χ0v) is 20.1. The third-order valence-electron chi connectivity index (χ3n) is 7.18. The number of carbonyl (C=O) groups excluding carboxylic acids is 1. The van der Waals surface area contributed by atoms with E-state index in [1.807, 2.05) is 0 Å². The van der Waals surface area contributed by atoms with Crippen LogP contribution >= 0.6 is 0 Å². The molecule has 2 heterocycles. The van der Waals surface area contributed by atoms with Crippen molar-refractivity contribution in [3.63, 3.8) is 0 Å². The van der Waals surface area contributed by atoms with Gasteiger partial charge in [0.05, 0.1) is 12.3 Å². The average molecular weight is 471 g/mol. The number of fused-ring (bicyclic) bond motifs is 1. The van der Waals surface area contributed by atoms with Crippen molar-refractivity contribution in [2.24, 2.45) is 5.92 Å². The summed E-state index contributed by atoms with van der Waals surface area (Å²) in [6.07, 6.45) is 5.20. The van der Waals surface area contributed by atoms with Crippen LogP contribution in [0.1, 0.15) is 62.5 Å². The molecule has 0 radical (unpaired) electrons. The van der Waals surface area contributed by atoms with Crippen molar-refractivity contribution in [3.8, 4) is 0 Å². The van der Waals surface area contributed by atoms with E-state index in [9.17, 15) is 13.6 Å². The summed E-state index contributed by atoms with van der Waals surface area (Å²) in [5, 5.41) is 0. The number of rotatable bonds is 8. The monoisotopic (exact) mass is 470 g/mol. The van der Waals surface area contributed by atoms with Gasteiger partial charge in [0, 0.05) is 32.0 Å². The molecule has 1 saturated heterocycles. The zero-order chi connectivity index (χ0) is 23.9. The van der Waals surface area contributed by atoms with Crippen molar-refractivity contribution < 1.29 is 18.3 Å². The molecular weight excluding hydrogens is 434 g/mol. The Morgan fingerprint density at radius 2 is 1.71 bits per heavy atom. The summed E-state index contributed by atoms with van der Waals surface area (Å²) in [5.41, 5.74) is 2.61. The number of amides is 1. The second kappa shape index (κ2) is 11.9. The summed E-state index contributed by atoms with van der Waals surface area (Å²) in [6.45, 7) is 7.21. The van der Waals surface area contributed by atoms with Gasteiger partial charge in [0.15, 0.2) is 0 Å². The van der Waals surface area contributed by atoms with Gasteiger partial charge in [-0.15, -0.1) is 0 Å². The molecule has 4 nitrogen and oxygen atoms in total. The summed E-state index contributed by atoms with van der Waals surface area (Å²) in [5.74, 6) is -0.153. The van der Waals surface area contributed by atoms with Crippen LogP contribution < -0.4 is 4.90 Å². The fraction of sp³-hybridized carbons (Fsp3) is 0.536. The Balaban J connectivity index is 1.42. The number of ether oxygens (including phenoxy) is 1. The molecule has 2 aliphatic rings. The molecule has 184 valence electrons. The van der Waals surface area contributed by atoms with Gasteiger partial charge in [0.25, 0.3) is 0 Å². The molecule has 1 atom stereocenters. The van der Waals surface area contributed by atoms with Gasteiger partial charge < -0.3 is 14.5 Å². The number of benzene rings is 2. The van der Waals surface area contributed by atoms with Crippen molar-refractivity contribution >= 4 is 11.6 Å². The lowest BCUT2D eigenvalue weighted by Crippen LogP contribution is -2.39. The molecule has 2 aromatic rings. The van der Waals surface area contributed by atoms with E-state index in [1.165, 1.54) is 24.3 Å². The minimum absolute atomic E-state index is 0.0205. The Kier molecular flexibility index (Phi) is 8.68. The Bertz CT molecular complexity index is 942. The molecule has 34 heavy (non-hydrogen) atoms. The third kappa shape index (κ3) is 6.22. The molecule has 0 unspecified atom stereocenters. The fourth-order valence-electron chi connectivity index (χ4n) is 5.29. The van der Waals surface area contributed by atoms with Crippen LogP contribution in [0.2, 0.25) is 0 Å². The molecule has 1 fully saturated rings. The van der Waals surface area contributed by atoms with Crippen LogP contribution in [0.4, 0.5) is 14.5 Å². The Labute approximate surface area is 201 Å². The molecule has 2 aromatic carbocycles. The van der Waals surface area contributed by atoms with E-state index in [4.69, 9.17) is 4.74 Å². The van der Waals surface area contributed by atoms with E-state index in [0.29, 0.717) is 24.6 Å². The maximum absolute atomic E-state index is 14.3. The number of hydrogen-bond acceptors (Lipinski definition) is 3. The molecular formula is C28H36F2N2O2. The van der Waals surface area contributed by atoms with Crippen molar-refractivity contribution in [1.29, 1.82) is 0 Å². The first kappa shape index (κ1) is 24.8. The van der Waals surface area contributed by atoms with E-state index in [0.717, 1.165) is 76.1 Å². The number of hydrogen-bond donors (Lipinski definition) is 0. The smallest absolute Gasteiger partial charge is 0.227 e. The van der Waals surface area contributed by atoms with Crippen molar-refractivity contribution in [2.75, 3.05) is 44.3 Å². The molecule has 6 heteroatoms. The number of likely N-dealkylation sites (tertiary alicyclic amines) is 1. The molecule has 0 N–H and O–H groups in total. The van der Waals surface area contributed by atoms with Crippen LogP contribution in [0, 0.1) is 17.6 Å². The Hall–Kier alpha value is -2.31. The molecule has 0 bridgehead atoms. The van der Waals surface area contributed by atoms with Gasteiger partial charge in [-0.05, 0) is 86.5 Å². The van der Waals surface area contributed by atoms with Crippen LogP contribution in [0.15, 0.2) is 42.5 Å². The van der Waals surface area contributed by atoms with E-state index in [-0.39, 0.29) is 23.5 Å². The van der Waals surface area contributed by atoms with Gasteiger partial charge in [-0.3, -0.25) is 4.79 Å². The topological polar surface area (TPSA) is 32.8 Å². The van der Waals surface area contributed by atoms with Gasteiger partial charge >= 0.3 is 0 Å². The van der Waals surface area contributed by atoms with Crippen molar-refractivity contribution in [2.45, 2.75) is 51.4 Å². The van der Waals surface area contributed by atoms with Gasteiger partial charge in [-0.2, -0.15) is 0 Å². The number of nitrogens with zero attached hydrogens (tertiary/aromatic N) is 2. The number of anilines is 1. The highest BCUT2D eigenvalue weighted by Gasteiger charge is 2.30. The number of halogens is 2. The molecule has 0 aromatic heterocycles. The number of carbonyl (C=O) groups is 1. The van der Waals surface area contributed by atoms with Gasteiger partial charge in [-0.1, -0.05) is 25.1 Å². The first-order chi connectivity index (χ1) is 16.5. The standard InChI is InChI=1S/C28H36F2N2O2/c1-2-17-34-18-16-31-14-11-21(12-15-31)19-28(33)32-13-3-4-25(22-5-7-23(29)8-6-22)26-10-9-24(30)20-27(26)32/h5-10,20-21,25H,2-4,11-19H2,1H3/t25-/m0/s1.